The summed E-state index contributed by atoms with van der Waals surface area (Å²) in [5, 5.41) is 3.47. The molecule has 0 aliphatic carbocycles. The minimum absolute atomic E-state index is 0.199. The number of urea groups is 1. The van der Waals surface area contributed by atoms with Gasteiger partial charge >= 0.3 is 18.0 Å². The van der Waals surface area contributed by atoms with Crippen molar-refractivity contribution in [2.24, 2.45) is 0 Å². The summed E-state index contributed by atoms with van der Waals surface area (Å²) < 4.78 is 15.9. The van der Waals surface area contributed by atoms with Crippen molar-refractivity contribution in [3.05, 3.63) is 106 Å². The molecule has 0 saturated carbocycles. The normalized spacial score (nSPS) is 15.1. The number of allylic oxidation sites excluding steroid dienone is 1. The fourth-order valence-corrected chi connectivity index (χ4v) is 4.27. The molecule has 0 spiro atoms. The maximum Gasteiger partial charge on any atom is 0.338 e. The monoisotopic (exact) mass is 534 g/mol. The Balaban J connectivity index is 1.55. The Morgan fingerprint density at radius 3 is 2.21 bits per heavy atom. The number of rotatable bonds is 8. The maximum absolute atomic E-state index is 13.2. The van der Waals surface area contributed by atoms with Gasteiger partial charge in [0, 0.05) is 10.7 Å². The lowest BCUT2D eigenvalue weighted by atomic mass is 9.94. The van der Waals surface area contributed by atoms with Gasteiger partial charge in [-0.2, -0.15) is 0 Å². The highest BCUT2D eigenvalue weighted by Crippen LogP contribution is 2.35. The van der Waals surface area contributed by atoms with Gasteiger partial charge in [0.05, 0.1) is 36.6 Å². The summed E-state index contributed by atoms with van der Waals surface area (Å²) in [5.74, 6) is -0.301. The van der Waals surface area contributed by atoms with E-state index in [9.17, 15) is 14.4 Å². The summed E-state index contributed by atoms with van der Waals surface area (Å²) >= 11 is 6.01. The van der Waals surface area contributed by atoms with Crippen LogP contribution in [0.15, 0.2) is 84.1 Å². The fourth-order valence-electron chi connectivity index (χ4n) is 4.15. The highest BCUT2D eigenvalue weighted by molar-refractivity contribution is 6.30. The number of hydrogen-bond donors (Lipinski definition) is 1. The number of methoxy groups -OCH3 is 1. The van der Waals surface area contributed by atoms with E-state index in [0.29, 0.717) is 45.5 Å². The van der Waals surface area contributed by atoms with Crippen LogP contribution in [0, 0.1) is 0 Å². The lowest BCUT2D eigenvalue weighted by Crippen LogP contribution is -2.48. The van der Waals surface area contributed by atoms with Crippen LogP contribution < -0.4 is 15.0 Å². The molecule has 1 aliphatic rings. The zero-order valence-corrected chi connectivity index (χ0v) is 22.0. The number of amides is 2. The summed E-state index contributed by atoms with van der Waals surface area (Å²) in [4.78, 5) is 39.2. The molecule has 0 bridgehead atoms. The molecule has 2 amide bonds. The van der Waals surface area contributed by atoms with Crippen LogP contribution >= 0.6 is 11.6 Å². The minimum Gasteiger partial charge on any atom is -0.489 e. The first kappa shape index (κ1) is 26.8. The summed E-state index contributed by atoms with van der Waals surface area (Å²) in [6, 6.07) is 19.8. The van der Waals surface area contributed by atoms with E-state index in [1.165, 1.54) is 12.0 Å². The molecule has 3 aromatic carbocycles. The van der Waals surface area contributed by atoms with E-state index in [4.69, 9.17) is 25.8 Å². The van der Waals surface area contributed by atoms with Crippen LogP contribution in [-0.4, -0.2) is 31.7 Å². The molecule has 1 N–H and O–H groups in total. The van der Waals surface area contributed by atoms with Crippen LogP contribution in [-0.2, 0) is 20.9 Å². The first-order chi connectivity index (χ1) is 18.3. The molecule has 8 nitrogen and oxygen atoms in total. The number of anilines is 1. The Labute approximate surface area is 225 Å². The van der Waals surface area contributed by atoms with Gasteiger partial charge in [-0.3, -0.25) is 4.90 Å². The SMILES string of the molecule is CCOC(=O)C1=C(C)N(c2ccc(Cl)cc2)C(=O)NC1c1ccc(OCc2ccc(C(=O)OC)cc2)cc1. The van der Waals surface area contributed by atoms with Crippen LogP contribution in [0.4, 0.5) is 10.5 Å². The molecule has 0 aromatic heterocycles. The van der Waals surface area contributed by atoms with Crippen molar-refractivity contribution in [2.45, 2.75) is 26.5 Å². The summed E-state index contributed by atoms with van der Waals surface area (Å²) in [6.45, 7) is 3.95. The molecule has 1 heterocycles. The lowest BCUT2D eigenvalue weighted by Gasteiger charge is -2.35. The predicted molar refractivity (Wildman–Crippen MR) is 143 cm³/mol. The Morgan fingerprint density at radius 1 is 0.947 bits per heavy atom. The number of benzene rings is 3. The molecular formula is C29H27ClN2O6. The number of esters is 2. The van der Waals surface area contributed by atoms with E-state index in [0.717, 1.165) is 5.56 Å². The van der Waals surface area contributed by atoms with Gasteiger partial charge in [-0.15, -0.1) is 0 Å². The van der Waals surface area contributed by atoms with Crippen molar-refractivity contribution in [3.63, 3.8) is 0 Å². The van der Waals surface area contributed by atoms with E-state index >= 15 is 0 Å². The quantitative estimate of drug-likeness (QED) is 0.366. The van der Waals surface area contributed by atoms with Gasteiger partial charge in [-0.05, 0) is 73.5 Å². The van der Waals surface area contributed by atoms with Crippen molar-refractivity contribution in [2.75, 3.05) is 18.6 Å². The van der Waals surface area contributed by atoms with Crippen molar-refractivity contribution in [1.82, 2.24) is 5.32 Å². The van der Waals surface area contributed by atoms with Gasteiger partial charge in [0.1, 0.15) is 12.4 Å². The average molecular weight is 535 g/mol. The maximum atomic E-state index is 13.2. The van der Waals surface area contributed by atoms with E-state index in [2.05, 4.69) is 5.32 Å². The molecule has 9 heteroatoms. The smallest absolute Gasteiger partial charge is 0.338 e. The van der Waals surface area contributed by atoms with E-state index in [1.54, 1.807) is 86.6 Å². The number of ether oxygens (including phenoxy) is 3. The molecule has 4 rings (SSSR count). The largest absolute Gasteiger partial charge is 0.489 e. The second kappa shape index (κ2) is 11.8. The van der Waals surface area contributed by atoms with Gasteiger partial charge in [-0.25, -0.2) is 14.4 Å². The minimum atomic E-state index is -0.704. The Hall–Kier alpha value is -4.30. The first-order valence-electron chi connectivity index (χ1n) is 12.0. The van der Waals surface area contributed by atoms with Crippen molar-refractivity contribution in [3.8, 4) is 5.75 Å². The molecule has 0 radical (unpaired) electrons. The average Bonchev–Trinajstić information content (AvgIpc) is 2.93. The van der Waals surface area contributed by atoms with Crippen LogP contribution in [0.1, 0.15) is 41.4 Å². The third-order valence-corrected chi connectivity index (χ3v) is 6.31. The Kier molecular flexibility index (Phi) is 8.33. The van der Waals surface area contributed by atoms with E-state index < -0.39 is 18.0 Å². The fraction of sp³-hybridized carbons (Fsp3) is 0.207. The van der Waals surface area contributed by atoms with Gasteiger partial charge in [0.15, 0.2) is 0 Å². The molecule has 0 saturated heterocycles. The molecule has 1 unspecified atom stereocenters. The van der Waals surface area contributed by atoms with Gasteiger partial charge in [-0.1, -0.05) is 35.9 Å². The standard InChI is InChI=1S/C29H27ClN2O6/c1-4-37-28(34)25-18(2)32(23-13-11-22(30)12-14-23)29(35)31-26(25)20-9-15-24(16-10-20)38-17-19-5-7-21(8-6-19)27(33)36-3/h5-16,26H,4,17H2,1-3H3,(H,31,35). The Morgan fingerprint density at radius 2 is 1.61 bits per heavy atom. The number of nitrogens with zero attached hydrogens (tertiary/aromatic N) is 1. The van der Waals surface area contributed by atoms with E-state index in [1.807, 2.05) is 0 Å². The zero-order valence-electron chi connectivity index (χ0n) is 21.2. The molecular weight excluding hydrogens is 508 g/mol. The third-order valence-electron chi connectivity index (χ3n) is 6.06. The molecule has 0 fully saturated rings. The number of nitrogens with one attached hydrogen (secondary N) is 1. The van der Waals surface area contributed by atoms with Crippen LogP contribution in [0.3, 0.4) is 0 Å². The van der Waals surface area contributed by atoms with Crippen LogP contribution in [0.2, 0.25) is 5.02 Å². The van der Waals surface area contributed by atoms with Crippen LogP contribution in [0.5, 0.6) is 5.75 Å². The predicted octanol–water partition coefficient (Wildman–Crippen LogP) is 5.81. The molecule has 3 aromatic rings. The molecule has 1 atom stereocenters. The third kappa shape index (κ3) is 5.81. The number of halogens is 1. The topological polar surface area (TPSA) is 94.2 Å². The highest BCUT2D eigenvalue weighted by Gasteiger charge is 2.37. The second-order valence-electron chi connectivity index (χ2n) is 8.46. The van der Waals surface area contributed by atoms with Gasteiger partial charge in [0.25, 0.3) is 0 Å². The van der Waals surface area contributed by atoms with Crippen molar-refractivity contribution in [1.29, 1.82) is 0 Å². The summed E-state index contributed by atoms with van der Waals surface area (Å²) in [7, 11) is 1.34. The van der Waals surface area contributed by atoms with E-state index in [-0.39, 0.29) is 12.6 Å². The van der Waals surface area contributed by atoms with Gasteiger partial charge < -0.3 is 19.5 Å². The molecule has 196 valence electrons. The first-order valence-corrected chi connectivity index (χ1v) is 12.3. The molecule has 38 heavy (non-hydrogen) atoms. The summed E-state index contributed by atoms with van der Waals surface area (Å²) in [6.07, 6.45) is 0. The zero-order chi connectivity index (χ0) is 27.2. The van der Waals surface area contributed by atoms with Gasteiger partial charge in [0.2, 0.25) is 0 Å². The lowest BCUT2D eigenvalue weighted by molar-refractivity contribution is -0.139. The number of carbonyl (C=O) groups is 3. The Bertz CT molecular complexity index is 1350. The van der Waals surface area contributed by atoms with Crippen LogP contribution in [0.25, 0.3) is 0 Å². The highest BCUT2D eigenvalue weighted by atomic mass is 35.5. The van der Waals surface area contributed by atoms with Crippen molar-refractivity contribution >= 4 is 35.3 Å². The second-order valence-corrected chi connectivity index (χ2v) is 8.90. The summed E-state index contributed by atoms with van der Waals surface area (Å²) in [5.41, 5.74) is 3.42. The molecule has 1 aliphatic heterocycles. The van der Waals surface area contributed by atoms with Crippen molar-refractivity contribution < 1.29 is 28.6 Å². The number of carbonyl (C=O) groups excluding carboxylic acids is 3. The number of hydrogen-bond acceptors (Lipinski definition) is 6.